The van der Waals surface area contributed by atoms with Crippen LogP contribution < -0.4 is 0 Å². The van der Waals surface area contributed by atoms with Crippen molar-refractivity contribution in [2.45, 2.75) is 33.1 Å². The van der Waals surface area contributed by atoms with Gasteiger partial charge in [-0.1, -0.05) is 50.6 Å². The summed E-state index contributed by atoms with van der Waals surface area (Å²) >= 11 is 0. The number of Topliss-reactive ketones (excluding diaryl/α,β-unsaturated/α-hetero) is 1. The van der Waals surface area contributed by atoms with Gasteiger partial charge in [-0.2, -0.15) is 0 Å². The van der Waals surface area contributed by atoms with Crippen LogP contribution in [0.4, 0.5) is 0 Å². The molecule has 0 amide bonds. The van der Waals surface area contributed by atoms with Crippen LogP contribution in [0.3, 0.4) is 0 Å². The highest BCUT2D eigenvalue weighted by Crippen LogP contribution is 2.20. The number of carbonyl (C=O) groups is 1. The molecular formula is C17H25NO. The Morgan fingerprint density at radius 3 is 2.79 bits per heavy atom. The molecular weight excluding hydrogens is 234 g/mol. The quantitative estimate of drug-likeness (QED) is 0.753. The Morgan fingerprint density at radius 1 is 1.37 bits per heavy atom. The van der Waals surface area contributed by atoms with Crippen LogP contribution in [0.15, 0.2) is 30.3 Å². The van der Waals surface area contributed by atoms with Crippen LogP contribution in [0.25, 0.3) is 0 Å². The number of carbonyl (C=O) groups excluding carboxylic acids is 1. The summed E-state index contributed by atoms with van der Waals surface area (Å²) in [4.78, 5) is 14.8. The lowest BCUT2D eigenvalue weighted by Gasteiger charge is -2.33. The Balaban J connectivity index is 1.90. The average molecular weight is 259 g/mol. The van der Waals surface area contributed by atoms with Crippen LogP contribution in [-0.4, -0.2) is 30.3 Å². The van der Waals surface area contributed by atoms with Crippen LogP contribution >= 0.6 is 0 Å². The van der Waals surface area contributed by atoms with Gasteiger partial charge in [0.1, 0.15) is 0 Å². The van der Waals surface area contributed by atoms with Crippen molar-refractivity contribution in [2.75, 3.05) is 19.6 Å². The average Bonchev–Trinajstić information content (AvgIpc) is 2.47. The van der Waals surface area contributed by atoms with E-state index in [1.807, 2.05) is 30.3 Å². The van der Waals surface area contributed by atoms with Crippen LogP contribution in [0, 0.1) is 11.8 Å². The summed E-state index contributed by atoms with van der Waals surface area (Å²) < 4.78 is 0. The molecule has 0 aliphatic carbocycles. The summed E-state index contributed by atoms with van der Waals surface area (Å²) in [6.07, 6.45) is 3.90. The number of piperidine rings is 1. The number of ketones is 1. The van der Waals surface area contributed by atoms with E-state index >= 15 is 0 Å². The van der Waals surface area contributed by atoms with Crippen molar-refractivity contribution < 1.29 is 4.79 Å². The highest BCUT2D eigenvalue weighted by Gasteiger charge is 2.23. The first-order valence-electron chi connectivity index (χ1n) is 7.52. The van der Waals surface area contributed by atoms with Gasteiger partial charge in [-0.25, -0.2) is 0 Å². The predicted molar refractivity (Wildman–Crippen MR) is 79.4 cm³/mol. The third-order valence-electron chi connectivity index (χ3n) is 4.22. The maximum atomic E-state index is 12.3. The highest BCUT2D eigenvalue weighted by atomic mass is 16.1. The van der Waals surface area contributed by atoms with E-state index in [-0.39, 0.29) is 11.7 Å². The fourth-order valence-corrected chi connectivity index (χ4v) is 3.01. The second-order valence-corrected chi connectivity index (χ2v) is 5.81. The Kier molecular flexibility index (Phi) is 5.15. The van der Waals surface area contributed by atoms with Gasteiger partial charge in [0.15, 0.2) is 5.78 Å². The fourth-order valence-electron chi connectivity index (χ4n) is 3.01. The van der Waals surface area contributed by atoms with Gasteiger partial charge in [0.05, 0.1) is 0 Å². The van der Waals surface area contributed by atoms with Gasteiger partial charge < -0.3 is 4.90 Å². The minimum absolute atomic E-state index is 0.0954. The zero-order chi connectivity index (χ0) is 13.7. The summed E-state index contributed by atoms with van der Waals surface area (Å²) in [7, 11) is 0. The third-order valence-corrected chi connectivity index (χ3v) is 4.22. The SMILES string of the molecule is CCC1CCCN(CC(C)C(=O)c2ccccc2)C1. The Labute approximate surface area is 116 Å². The molecule has 0 aromatic heterocycles. The normalized spacial score (nSPS) is 22.1. The second-order valence-electron chi connectivity index (χ2n) is 5.81. The zero-order valence-corrected chi connectivity index (χ0v) is 12.1. The largest absolute Gasteiger partial charge is 0.302 e. The molecule has 1 aromatic rings. The lowest BCUT2D eigenvalue weighted by molar-refractivity contribution is 0.0860. The molecule has 0 N–H and O–H groups in total. The number of likely N-dealkylation sites (tertiary alicyclic amines) is 1. The van der Waals surface area contributed by atoms with Crippen molar-refractivity contribution in [1.29, 1.82) is 0 Å². The molecule has 2 nitrogen and oxygen atoms in total. The van der Waals surface area contributed by atoms with Crippen LogP contribution in [0.2, 0.25) is 0 Å². The van der Waals surface area contributed by atoms with E-state index in [0.717, 1.165) is 24.6 Å². The second kappa shape index (κ2) is 6.85. The number of hydrogen-bond donors (Lipinski definition) is 0. The molecule has 1 aliphatic heterocycles. The fraction of sp³-hybridized carbons (Fsp3) is 0.588. The van der Waals surface area contributed by atoms with Gasteiger partial charge in [0.2, 0.25) is 0 Å². The monoisotopic (exact) mass is 259 g/mol. The first kappa shape index (κ1) is 14.3. The van der Waals surface area contributed by atoms with Crippen LogP contribution in [-0.2, 0) is 0 Å². The summed E-state index contributed by atoms with van der Waals surface area (Å²) in [5.74, 6) is 1.20. The van der Waals surface area contributed by atoms with Crippen molar-refractivity contribution in [2.24, 2.45) is 11.8 Å². The van der Waals surface area contributed by atoms with Gasteiger partial charge in [-0.05, 0) is 25.3 Å². The first-order chi connectivity index (χ1) is 9.20. The minimum Gasteiger partial charge on any atom is -0.302 e. The lowest BCUT2D eigenvalue weighted by Crippen LogP contribution is -2.39. The zero-order valence-electron chi connectivity index (χ0n) is 12.1. The van der Waals surface area contributed by atoms with Crippen LogP contribution in [0.5, 0.6) is 0 Å². The molecule has 0 spiro atoms. The maximum Gasteiger partial charge on any atom is 0.166 e. The van der Waals surface area contributed by atoms with Gasteiger partial charge in [0, 0.05) is 24.6 Å². The molecule has 2 unspecified atom stereocenters. The number of hydrogen-bond acceptors (Lipinski definition) is 2. The molecule has 0 radical (unpaired) electrons. The summed E-state index contributed by atoms with van der Waals surface area (Å²) in [5.41, 5.74) is 0.846. The molecule has 1 aromatic carbocycles. The minimum atomic E-state index is 0.0954. The third kappa shape index (κ3) is 3.90. The molecule has 1 heterocycles. The molecule has 104 valence electrons. The van der Waals surface area contributed by atoms with Crippen molar-refractivity contribution >= 4 is 5.78 Å². The molecule has 2 heteroatoms. The number of benzene rings is 1. The smallest absolute Gasteiger partial charge is 0.166 e. The summed E-state index contributed by atoms with van der Waals surface area (Å²) in [6.45, 7) is 7.56. The van der Waals surface area contributed by atoms with Crippen molar-refractivity contribution in [3.63, 3.8) is 0 Å². The van der Waals surface area contributed by atoms with E-state index in [1.165, 1.54) is 25.8 Å². The van der Waals surface area contributed by atoms with E-state index in [0.29, 0.717) is 0 Å². The standard InChI is InChI=1S/C17H25NO/c1-3-15-8-7-11-18(13-15)12-14(2)17(19)16-9-5-4-6-10-16/h4-6,9-10,14-15H,3,7-8,11-13H2,1-2H3. The van der Waals surface area contributed by atoms with E-state index in [1.54, 1.807) is 0 Å². The van der Waals surface area contributed by atoms with Crippen molar-refractivity contribution in [3.8, 4) is 0 Å². The molecule has 0 bridgehead atoms. The highest BCUT2D eigenvalue weighted by molar-refractivity contribution is 5.97. The summed E-state index contributed by atoms with van der Waals surface area (Å²) in [6, 6.07) is 9.67. The van der Waals surface area contributed by atoms with E-state index < -0.39 is 0 Å². The van der Waals surface area contributed by atoms with E-state index in [4.69, 9.17) is 0 Å². The molecule has 1 aliphatic rings. The van der Waals surface area contributed by atoms with Gasteiger partial charge in [-0.3, -0.25) is 4.79 Å². The summed E-state index contributed by atoms with van der Waals surface area (Å²) in [5, 5.41) is 0. The van der Waals surface area contributed by atoms with E-state index in [9.17, 15) is 4.79 Å². The molecule has 1 fully saturated rings. The number of rotatable bonds is 5. The predicted octanol–water partition coefficient (Wildman–Crippen LogP) is 3.63. The van der Waals surface area contributed by atoms with E-state index in [2.05, 4.69) is 18.7 Å². The molecule has 2 atom stereocenters. The molecule has 2 rings (SSSR count). The Hall–Kier alpha value is -1.15. The van der Waals surface area contributed by atoms with Gasteiger partial charge in [-0.15, -0.1) is 0 Å². The van der Waals surface area contributed by atoms with Crippen molar-refractivity contribution in [3.05, 3.63) is 35.9 Å². The Bertz CT molecular complexity index is 401. The van der Waals surface area contributed by atoms with Gasteiger partial charge >= 0.3 is 0 Å². The van der Waals surface area contributed by atoms with Crippen LogP contribution in [0.1, 0.15) is 43.5 Å². The molecule has 1 saturated heterocycles. The van der Waals surface area contributed by atoms with Crippen molar-refractivity contribution in [1.82, 2.24) is 4.90 Å². The first-order valence-corrected chi connectivity index (χ1v) is 7.52. The topological polar surface area (TPSA) is 20.3 Å². The molecule has 0 saturated carbocycles. The maximum absolute atomic E-state index is 12.3. The van der Waals surface area contributed by atoms with Gasteiger partial charge in [0.25, 0.3) is 0 Å². The number of nitrogens with zero attached hydrogens (tertiary/aromatic N) is 1. The lowest BCUT2D eigenvalue weighted by atomic mass is 9.93. The Morgan fingerprint density at radius 2 is 2.11 bits per heavy atom. The molecule has 19 heavy (non-hydrogen) atoms.